The van der Waals surface area contributed by atoms with Crippen LogP contribution in [0.4, 0.5) is 5.69 Å². The largest absolute Gasteiger partial charge is 0.481 e. The number of hydrogen-bond donors (Lipinski definition) is 0. The molecule has 0 aromatic heterocycles. The Hall–Kier alpha value is -3.10. The number of aliphatic imine (C=N–C) groups is 1. The van der Waals surface area contributed by atoms with E-state index in [0.29, 0.717) is 41.1 Å². The number of amidine groups is 1. The lowest BCUT2D eigenvalue weighted by atomic mass is 10.2. The molecule has 1 saturated heterocycles. The SMILES string of the molecule is CCOC(=O)COc1ccccc1C=C1SC(=Nc2ccccc2)N(CCOC)C1=O. The summed E-state index contributed by atoms with van der Waals surface area (Å²) >= 11 is 1.29. The number of para-hydroxylation sites is 2. The summed E-state index contributed by atoms with van der Waals surface area (Å²) in [6, 6.07) is 16.7. The molecule has 1 aliphatic heterocycles. The van der Waals surface area contributed by atoms with Gasteiger partial charge in [0.2, 0.25) is 0 Å². The number of benzene rings is 2. The number of thioether (sulfide) groups is 1. The first-order chi connectivity index (χ1) is 15.1. The van der Waals surface area contributed by atoms with E-state index < -0.39 is 5.97 Å². The minimum absolute atomic E-state index is 0.156. The van der Waals surface area contributed by atoms with Crippen molar-refractivity contribution in [1.82, 2.24) is 4.90 Å². The first-order valence-corrected chi connectivity index (χ1v) is 10.7. The molecule has 1 fully saturated rings. The maximum atomic E-state index is 13.1. The van der Waals surface area contributed by atoms with Gasteiger partial charge in [-0.1, -0.05) is 36.4 Å². The molecule has 0 saturated carbocycles. The van der Waals surface area contributed by atoms with Gasteiger partial charge in [0, 0.05) is 12.7 Å². The third-order valence-corrected chi connectivity index (χ3v) is 5.25. The van der Waals surface area contributed by atoms with E-state index in [4.69, 9.17) is 14.2 Å². The van der Waals surface area contributed by atoms with Crippen LogP contribution in [-0.4, -0.2) is 55.4 Å². The smallest absolute Gasteiger partial charge is 0.344 e. The van der Waals surface area contributed by atoms with Crippen LogP contribution in [0.1, 0.15) is 12.5 Å². The van der Waals surface area contributed by atoms with Crippen LogP contribution >= 0.6 is 11.8 Å². The van der Waals surface area contributed by atoms with Crippen LogP contribution in [0.15, 0.2) is 64.5 Å². The zero-order chi connectivity index (χ0) is 22.1. The molecule has 3 rings (SSSR count). The van der Waals surface area contributed by atoms with Crippen molar-refractivity contribution in [3.05, 3.63) is 65.1 Å². The third kappa shape index (κ3) is 6.19. The Balaban J connectivity index is 1.86. The minimum Gasteiger partial charge on any atom is -0.481 e. The van der Waals surface area contributed by atoms with E-state index in [-0.39, 0.29) is 12.5 Å². The summed E-state index contributed by atoms with van der Waals surface area (Å²) in [4.78, 5) is 31.4. The Kier molecular flexibility index (Phi) is 8.26. The van der Waals surface area contributed by atoms with Crippen LogP contribution < -0.4 is 4.74 Å². The summed E-state index contributed by atoms with van der Waals surface area (Å²) in [6.45, 7) is 2.62. The molecule has 31 heavy (non-hydrogen) atoms. The number of nitrogens with zero attached hydrogens (tertiary/aromatic N) is 2. The average Bonchev–Trinajstić information content (AvgIpc) is 3.06. The maximum Gasteiger partial charge on any atom is 0.344 e. The second-order valence-electron chi connectivity index (χ2n) is 6.42. The van der Waals surface area contributed by atoms with E-state index in [1.54, 1.807) is 37.1 Å². The lowest BCUT2D eigenvalue weighted by molar-refractivity contribution is -0.145. The predicted octanol–water partition coefficient (Wildman–Crippen LogP) is 3.88. The number of esters is 1. The van der Waals surface area contributed by atoms with Crippen molar-refractivity contribution in [3.8, 4) is 5.75 Å². The summed E-state index contributed by atoms with van der Waals surface area (Å²) in [5, 5.41) is 0.587. The standard InChI is InChI=1S/C23H24N2O5S/c1-3-29-21(26)16-30-19-12-8-7-9-17(19)15-20-22(27)25(13-14-28-2)23(31-20)24-18-10-5-4-6-11-18/h4-12,15H,3,13-14,16H2,1-2H3. The van der Waals surface area contributed by atoms with Crippen molar-refractivity contribution in [2.45, 2.75) is 6.92 Å². The van der Waals surface area contributed by atoms with Crippen LogP contribution in [0.5, 0.6) is 5.75 Å². The van der Waals surface area contributed by atoms with Gasteiger partial charge in [-0.05, 0) is 43.0 Å². The first kappa shape index (κ1) is 22.6. The van der Waals surface area contributed by atoms with E-state index in [1.807, 2.05) is 42.5 Å². The van der Waals surface area contributed by atoms with Crippen LogP contribution in [0.2, 0.25) is 0 Å². The molecule has 0 spiro atoms. The van der Waals surface area contributed by atoms with Gasteiger partial charge in [-0.25, -0.2) is 9.79 Å². The van der Waals surface area contributed by atoms with E-state index in [0.717, 1.165) is 5.69 Å². The monoisotopic (exact) mass is 440 g/mol. The summed E-state index contributed by atoms with van der Waals surface area (Å²) in [7, 11) is 1.59. The van der Waals surface area contributed by atoms with Crippen LogP contribution in [0, 0.1) is 0 Å². The molecule has 162 valence electrons. The first-order valence-electron chi connectivity index (χ1n) is 9.84. The highest BCUT2D eigenvalue weighted by molar-refractivity contribution is 8.18. The van der Waals surface area contributed by atoms with E-state index in [2.05, 4.69) is 4.99 Å². The highest BCUT2D eigenvalue weighted by Gasteiger charge is 2.33. The lowest BCUT2D eigenvalue weighted by Crippen LogP contribution is -2.32. The molecule has 0 unspecified atom stereocenters. The average molecular weight is 441 g/mol. The molecule has 1 aliphatic rings. The van der Waals surface area contributed by atoms with Gasteiger partial charge in [-0.15, -0.1) is 0 Å². The normalized spacial score (nSPS) is 16.2. The Morgan fingerprint density at radius 1 is 1.13 bits per heavy atom. The second kappa shape index (κ2) is 11.3. The van der Waals surface area contributed by atoms with Gasteiger partial charge in [0.1, 0.15) is 5.75 Å². The second-order valence-corrected chi connectivity index (χ2v) is 7.43. The number of carbonyl (C=O) groups excluding carboxylic acids is 2. The molecular weight excluding hydrogens is 416 g/mol. The summed E-state index contributed by atoms with van der Waals surface area (Å²) in [6.07, 6.45) is 1.75. The summed E-state index contributed by atoms with van der Waals surface area (Å²) in [5.74, 6) is -0.107. The fraction of sp³-hybridized carbons (Fsp3) is 0.261. The molecular formula is C23H24N2O5S. The van der Waals surface area contributed by atoms with E-state index in [9.17, 15) is 9.59 Å². The number of rotatable bonds is 9. The van der Waals surface area contributed by atoms with Crippen molar-refractivity contribution in [3.63, 3.8) is 0 Å². The molecule has 0 N–H and O–H groups in total. The predicted molar refractivity (Wildman–Crippen MR) is 121 cm³/mol. The van der Waals surface area contributed by atoms with Crippen molar-refractivity contribution >= 4 is 40.6 Å². The van der Waals surface area contributed by atoms with Crippen molar-refractivity contribution in [2.75, 3.05) is 33.5 Å². The summed E-state index contributed by atoms with van der Waals surface area (Å²) in [5.41, 5.74) is 1.45. The zero-order valence-electron chi connectivity index (χ0n) is 17.4. The summed E-state index contributed by atoms with van der Waals surface area (Å²) < 4.78 is 15.7. The Morgan fingerprint density at radius 2 is 1.87 bits per heavy atom. The number of ether oxygens (including phenoxy) is 3. The molecule has 7 nitrogen and oxygen atoms in total. The quantitative estimate of drug-likeness (QED) is 0.435. The third-order valence-electron chi connectivity index (χ3n) is 4.24. The highest BCUT2D eigenvalue weighted by atomic mass is 32.2. The van der Waals surface area contributed by atoms with Gasteiger partial charge in [-0.2, -0.15) is 0 Å². The maximum absolute atomic E-state index is 13.1. The van der Waals surface area contributed by atoms with E-state index in [1.165, 1.54) is 11.8 Å². The fourth-order valence-electron chi connectivity index (χ4n) is 2.80. The van der Waals surface area contributed by atoms with Crippen LogP contribution in [0.25, 0.3) is 6.08 Å². The molecule has 1 amide bonds. The topological polar surface area (TPSA) is 77.4 Å². The molecule has 0 aliphatic carbocycles. The van der Waals surface area contributed by atoms with Crippen molar-refractivity contribution < 1.29 is 23.8 Å². The van der Waals surface area contributed by atoms with Crippen molar-refractivity contribution in [1.29, 1.82) is 0 Å². The molecule has 0 bridgehead atoms. The molecule has 0 radical (unpaired) electrons. The Bertz CT molecular complexity index is 975. The molecule has 0 atom stereocenters. The van der Waals surface area contributed by atoms with Gasteiger partial charge in [0.15, 0.2) is 11.8 Å². The molecule has 2 aromatic carbocycles. The van der Waals surface area contributed by atoms with Crippen LogP contribution in [-0.2, 0) is 19.1 Å². The highest BCUT2D eigenvalue weighted by Crippen LogP contribution is 2.35. The Labute approximate surface area is 185 Å². The lowest BCUT2D eigenvalue weighted by Gasteiger charge is -2.14. The van der Waals surface area contributed by atoms with E-state index >= 15 is 0 Å². The van der Waals surface area contributed by atoms with Crippen molar-refractivity contribution in [2.24, 2.45) is 4.99 Å². The zero-order valence-corrected chi connectivity index (χ0v) is 18.3. The fourth-order valence-corrected chi connectivity index (χ4v) is 3.81. The van der Waals surface area contributed by atoms with Gasteiger partial charge in [0.25, 0.3) is 5.91 Å². The van der Waals surface area contributed by atoms with Gasteiger partial charge < -0.3 is 14.2 Å². The van der Waals surface area contributed by atoms with Gasteiger partial charge >= 0.3 is 5.97 Å². The number of hydrogen-bond acceptors (Lipinski definition) is 7. The Morgan fingerprint density at radius 3 is 2.61 bits per heavy atom. The molecule has 2 aromatic rings. The minimum atomic E-state index is -0.445. The number of methoxy groups -OCH3 is 1. The molecule has 1 heterocycles. The van der Waals surface area contributed by atoms with Gasteiger partial charge in [-0.3, -0.25) is 9.69 Å². The van der Waals surface area contributed by atoms with Crippen LogP contribution in [0.3, 0.4) is 0 Å². The number of amides is 1. The number of carbonyl (C=O) groups is 2. The van der Waals surface area contributed by atoms with Gasteiger partial charge in [0.05, 0.1) is 30.4 Å². The molecule has 8 heteroatoms.